The van der Waals surface area contributed by atoms with Crippen molar-refractivity contribution >= 4 is 46.2 Å². The Kier molecular flexibility index (Phi) is 7.34. The minimum absolute atomic E-state index is 0.134. The van der Waals surface area contributed by atoms with Crippen LogP contribution in [-0.4, -0.2) is 30.2 Å². The average molecular weight is 432 g/mol. The maximum Gasteiger partial charge on any atom is 0.257 e. The van der Waals surface area contributed by atoms with E-state index in [4.69, 9.17) is 28.6 Å². The minimum atomic E-state index is -0.280. The molecule has 1 aliphatic rings. The van der Waals surface area contributed by atoms with Gasteiger partial charge in [0.05, 0.1) is 16.8 Å². The van der Waals surface area contributed by atoms with Gasteiger partial charge in [-0.15, -0.1) is 0 Å². The largest absolute Gasteiger partial charge is 0.491 e. The summed E-state index contributed by atoms with van der Waals surface area (Å²) in [5.74, 6) is 0.460. The first-order valence-electron chi connectivity index (χ1n) is 9.90. The molecule has 2 N–H and O–H groups in total. The predicted octanol–water partition coefficient (Wildman–Crippen LogP) is 5.24. The van der Waals surface area contributed by atoms with Gasteiger partial charge < -0.3 is 15.0 Å². The minimum Gasteiger partial charge on any atom is -0.491 e. The number of hydrogen-bond acceptors (Lipinski definition) is 4. The molecule has 0 radical (unpaired) electrons. The monoisotopic (exact) mass is 431 g/mol. The molecule has 0 aliphatic carbocycles. The molecule has 1 fully saturated rings. The van der Waals surface area contributed by atoms with E-state index in [2.05, 4.69) is 22.5 Å². The van der Waals surface area contributed by atoms with Gasteiger partial charge in [0.25, 0.3) is 5.91 Å². The van der Waals surface area contributed by atoms with Gasteiger partial charge in [0.2, 0.25) is 0 Å². The Balaban J connectivity index is 1.56. The van der Waals surface area contributed by atoms with Gasteiger partial charge in [0.1, 0.15) is 5.75 Å². The van der Waals surface area contributed by atoms with E-state index in [1.54, 1.807) is 24.3 Å². The smallest absolute Gasteiger partial charge is 0.257 e. The molecule has 0 spiro atoms. The third-order valence-electron chi connectivity index (χ3n) is 4.91. The van der Waals surface area contributed by atoms with E-state index in [0.29, 0.717) is 10.6 Å². The lowest BCUT2D eigenvalue weighted by Gasteiger charge is -2.20. The van der Waals surface area contributed by atoms with Crippen LogP contribution in [0.1, 0.15) is 43.5 Å². The van der Waals surface area contributed by atoms with Crippen molar-refractivity contribution in [3.8, 4) is 5.75 Å². The third-order valence-corrected chi connectivity index (χ3v) is 5.41. The molecule has 1 amide bonds. The van der Waals surface area contributed by atoms with E-state index in [1.165, 1.54) is 12.8 Å². The van der Waals surface area contributed by atoms with Gasteiger partial charge in [-0.05, 0) is 80.9 Å². The molecule has 7 heteroatoms. The summed E-state index contributed by atoms with van der Waals surface area (Å²) in [4.78, 5) is 14.7. The summed E-state index contributed by atoms with van der Waals surface area (Å²) in [6.07, 6.45) is 3.44. The zero-order chi connectivity index (χ0) is 20.8. The first-order valence-corrected chi connectivity index (χ1v) is 10.7. The van der Waals surface area contributed by atoms with Crippen molar-refractivity contribution < 1.29 is 9.53 Å². The fourth-order valence-electron chi connectivity index (χ4n) is 3.14. The Hall–Kier alpha value is -2.31. The highest BCUT2D eigenvalue weighted by molar-refractivity contribution is 7.80. The van der Waals surface area contributed by atoms with Crippen LogP contribution in [0.3, 0.4) is 0 Å². The van der Waals surface area contributed by atoms with Crippen LogP contribution in [0, 0.1) is 0 Å². The van der Waals surface area contributed by atoms with Crippen molar-refractivity contribution in [2.24, 2.45) is 0 Å². The fourth-order valence-corrected chi connectivity index (χ4v) is 3.65. The summed E-state index contributed by atoms with van der Waals surface area (Å²) in [7, 11) is 0. The molecule has 1 saturated heterocycles. The number of carbonyl (C=O) groups excluding carboxylic acids is 1. The second-order valence-corrected chi connectivity index (χ2v) is 7.95. The summed E-state index contributed by atoms with van der Waals surface area (Å²) in [6, 6.07) is 12.7. The number of anilines is 2. The van der Waals surface area contributed by atoms with Crippen LogP contribution in [0.4, 0.5) is 11.4 Å². The molecule has 3 rings (SSSR count). The first kappa shape index (κ1) is 21.4. The van der Waals surface area contributed by atoms with Crippen LogP contribution in [0.2, 0.25) is 5.02 Å². The van der Waals surface area contributed by atoms with Crippen molar-refractivity contribution in [1.29, 1.82) is 0 Å². The molecule has 0 bridgehead atoms. The summed E-state index contributed by atoms with van der Waals surface area (Å²) in [5.41, 5.74) is 2.28. The number of amides is 1. The quantitative estimate of drug-likeness (QED) is 0.612. The van der Waals surface area contributed by atoms with Crippen LogP contribution >= 0.6 is 23.8 Å². The molecule has 2 aromatic rings. The van der Waals surface area contributed by atoms with Gasteiger partial charge in [-0.25, -0.2) is 0 Å². The number of rotatable bonds is 6. The van der Waals surface area contributed by atoms with Crippen molar-refractivity contribution in [2.75, 3.05) is 23.3 Å². The lowest BCUT2D eigenvalue weighted by Crippen LogP contribution is -2.34. The third kappa shape index (κ3) is 5.84. The first-order chi connectivity index (χ1) is 14.0. The normalized spacial score (nSPS) is 14.4. The van der Waals surface area contributed by atoms with Gasteiger partial charge in [-0.2, -0.15) is 0 Å². The molecule has 154 valence electrons. The summed E-state index contributed by atoms with van der Waals surface area (Å²) < 4.78 is 5.73. The number of hydrogen-bond donors (Lipinski definition) is 2. The Labute approximate surface area is 182 Å². The zero-order valence-electron chi connectivity index (χ0n) is 16.7. The van der Waals surface area contributed by atoms with E-state index < -0.39 is 0 Å². The van der Waals surface area contributed by atoms with E-state index >= 15 is 0 Å². The highest BCUT2D eigenvalue weighted by atomic mass is 35.5. The number of benzene rings is 2. The predicted molar refractivity (Wildman–Crippen MR) is 123 cm³/mol. The van der Waals surface area contributed by atoms with Crippen LogP contribution in [0.5, 0.6) is 5.75 Å². The van der Waals surface area contributed by atoms with Crippen molar-refractivity contribution in [2.45, 2.75) is 39.2 Å². The van der Waals surface area contributed by atoms with E-state index in [-0.39, 0.29) is 17.1 Å². The molecule has 29 heavy (non-hydrogen) atoms. The number of nitrogens with one attached hydrogen (secondary N) is 2. The van der Waals surface area contributed by atoms with E-state index in [9.17, 15) is 4.79 Å². The van der Waals surface area contributed by atoms with Crippen LogP contribution < -0.4 is 20.3 Å². The maximum atomic E-state index is 12.4. The molecule has 0 unspecified atom stereocenters. The van der Waals surface area contributed by atoms with Gasteiger partial charge in [0.15, 0.2) is 5.11 Å². The fraction of sp³-hybridized carbons (Fsp3) is 0.364. The SMILES string of the molecule is CC[C@H](C)Oc1ccc(C(=O)NC(=S)Nc2ccc(N3CCCC3)c(Cl)c2)cc1. The molecule has 1 heterocycles. The number of nitrogens with zero attached hydrogens (tertiary/aromatic N) is 1. The average Bonchev–Trinajstić information content (AvgIpc) is 3.22. The Morgan fingerprint density at radius 1 is 1.21 bits per heavy atom. The Bertz CT molecular complexity index is 867. The summed E-state index contributed by atoms with van der Waals surface area (Å²) in [6.45, 7) is 6.13. The highest BCUT2D eigenvalue weighted by Crippen LogP contribution is 2.31. The number of ether oxygens (including phenoxy) is 1. The van der Waals surface area contributed by atoms with Crippen molar-refractivity contribution in [1.82, 2.24) is 5.32 Å². The number of halogens is 1. The molecular weight excluding hydrogens is 406 g/mol. The van der Waals surface area contributed by atoms with Gasteiger partial charge in [-0.1, -0.05) is 18.5 Å². The Morgan fingerprint density at radius 2 is 1.90 bits per heavy atom. The van der Waals surface area contributed by atoms with Crippen molar-refractivity contribution in [3.05, 3.63) is 53.1 Å². The van der Waals surface area contributed by atoms with Crippen LogP contribution in [-0.2, 0) is 0 Å². The molecular formula is C22H26ClN3O2S. The standard InChI is InChI=1S/C22H26ClN3O2S/c1-3-15(2)28-18-9-6-16(7-10-18)21(27)25-22(29)24-17-8-11-20(19(23)14-17)26-12-4-5-13-26/h6-11,14-15H,3-5,12-13H2,1-2H3,(H2,24,25,27,29)/t15-/m0/s1. The number of carbonyl (C=O) groups is 1. The molecule has 1 aliphatic heterocycles. The zero-order valence-corrected chi connectivity index (χ0v) is 18.3. The number of thiocarbonyl (C=S) groups is 1. The second-order valence-electron chi connectivity index (χ2n) is 7.13. The Morgan fingerprint density at radius 3 is 2.52 bits per heavy atom. The molecule has 5 nitrogen and oxygen atoms in total. The van der Waals surface area contributed by atoms with Gasteiger partial charge >= 0.3 is 0 Å². The highest BCUT2D eigenvalue weighted by Gasteiger charge is 2.16. The van der Waals surface area contributed by atoms with Gasteiger partial charge in [0, 0.05) is 24.3 Å². The maximum absolute atomic E-state index is 12.4. The van der Waals surface area contributed by atoms with Crippen LogP contribution in [0.25, 0.3) is 0 Å². The van der Waals surface area contributed by atoms with Crippen molar-refractivity contribution in [3.63, 3.8) is 0 Å². The molecule has 0 aromatic heterocycles. The van der Waals surface area contributed by atoms with E-state index in [1.807, 2.05) is 25.1 Å². The topological polar surface area (TPSA) is 53.6 Å². The summed E-state index contributed by atoms with van der Waals surface area (Å²) >= 11 is 11.7. The molecule has 1 atom stereocenters. The van der Waals surface area contributed by atoms with Gasteiger partial charge in [-0.3, -0.25) is 10.1 Å². The lowest BCUT2D eigenvalue weighted by atomic mass is 10.2. The van der Waals surface area contributed by atoms with Crippen LogP contribution in [0.15, 0.2) is 42.5 Å². The second kappa shape index (κ2) is 9.94. The lowest BCUT2D eigenvalue weighted by molar-refractivity contribution is 0.0977. The molecule has 2 aromatic carbocycles. The van der Waals surface area contributed by atoms with E-state index in [0.717, 1.165) is 36.6 Å². The summed E-state index contributed by atoms with van der Waals surface area (Å²) in [5, 5.41) is 6.60. The molecule has 0 saturated carbocycles.